The Balaban J connectivity index is 1.71. The van der Waals surface area contributed by atoms with E-state index in [1.807, 2.05) is 4.90 Å². The van der Waals surface area contributed by atoms with E-state index in [0.717, 1.165) is 19.6 Å². The Morgan fingerprint density at radius 1 is 1.36 bits per heavy atom. The maximum absolute atomic E-state index is 12.7. The van der Waals surface area contributed by atoms with Gasteiger partial charge in [0, 0.05) is 30.4 Å². The molecule has 1 N–H and O–H groups in total. The summed E-state index contributed by atoms with van der Waals surface area (Å²) in [4.78, 5) is 28.3. The third-order valence-electron chi connectivity index (χ3n) is 4.67. The summed E-state index contributed by atoms with van der Waals surface area (Å²) in [5.41, 5.74) is 1.23. The molecule has 2 saturated heterocycles. The number of nitrogens with one attached hydrogen (secondary N) is 1. The van der Waals surface area contributed by atoms with Gasteiger partial charge in [0.25, 0.3) is 5.91 Å². The van der Waals surface area contributed by atoms with Crippen molar-refractivity contribution < 1.29 is 9.59 Å². The Labute approximate surface area is 130 Å². The summed E-state index contributed by atoms with van der Waals surface area (Å²) in [6.45, 7) is 6.18. The van der Waals surface area contributed by atoms with Gasteiger partial charge in [-0.2, -0.15) is 0 Å². The van der Waals surface area contributed by atoms with Gasteiger partial charge >= 0.3 is 0 Å². The summed E-state index contributed by atoms with van der Waals surface area (Å²) in [6, 6.07) is 7.57. The molecule has 2 aliphatic heterocycles. The van der Waals surface area contributed by atoms with E-state index in [0.29, 0.717) is 23.2 Å². The average Bonchev–Trinajstić information content (AvgIpc) is 3.09. The molecule has 0 radical (unpaired) electrons. The van der Waals surface area contributed by atoms with Crippen LogP contribution >= 0.6 is 0 Å². The van der Waals surface area contributed by atoms with Crippen LogP contribution in [0.15, 0.2) is 36.9 Å². The van der Waals surface area contributed by atoms with Gasteiger partial charge in [-0.05, 0) is 50.2 Å². The summed E-state index contributed by atoms with van der Waals surface area (Å²) in [7, 11) is 2.13. The largest absolute Gasteiger partial charge is 0.337 e. The second-order valence-corrected chi connectivity index (χ2v) is 6.08. The SMILES string of the molecule is C=CC(=O)Nc1cccc(C(=O)N2C[C@H]3CCN(C)[C@H]3C2)c1. The minimum Gasteiger partial charge on any atom is -0.337 e. The number of anilines is 1. The molecule has 0 spiro atoms. The van der Waals surface area contributed by atoms with Crippen LogP contribution in [0.1, 0.15) is 16.8 Å². The predicted molar refractivity (Wildman–Crippen MR) is 85.7 cm³/mol. The van der Waals surface area contributed by atoms with Crippen molar-refractivity contribution in [1.29, 1.82) is 0 Å². The molecule has 1 aromatic carbocycles. The predicted octanol–water partition coefficient (Wildman–Crippen LogP) is 1.59. The summed E-state index contributed by atoms with van der Waals surface area (Å²) < 4.78 is 0. The highest BCUT2D eigenvalue weighted by atomic mass is 16.2. The van der Waals surface area contributed by atoms with Gasteiger partial charge in [0.05, 0.1) is 0 Å². The van der Waals surface area contributed by atoms with E-state index < -0.39 is 0 Å². The Morgan fingerprint density at radius 3 is 2.91 bits per heavy atom. The van der Waals surface area contributed by atoms with Crippen LogP contribution < -0.4 is 5.32 Å². The van der Waals surface area contributed by atoms with Crippen molar-refractivity contribution in [3.63, 3.8) is 0 Å². The molecule has 2 fully saturated rings. The highest BCUT2D eigenvalue weighted by molar-refractivity contribution is 6.00. The van der Waals surface area contributed by atoms with Crippen LogP contribution in [0.25, 0.3) is 0 Å². The number of carbonyl (C=O) groups is 2. The van der Waals surface area contributed by atoms with Crippen molar-refractivity contribution in [2.45, 2.75) is 12.5 Å². The Hall–Kier alpha value is -2.14. The van der Waals surface area contributed by atoms with E-state index >= 15 is 0 Å². The maximum Gasteiger partial charge on any atom is 0.253 e. The number of carbonyl (C=O) groups excluding carboxylic acids is 2. The smallest absolute Gasteiger partial charge is 0.253 e. The molecule has 5 nitrogen and oxygen atoms in total. The first-order valence-electron chi connectivity index (χ1n) is 7.61. The van der Waals surface area contributed by atoms with Gasteiger partial charge < -0.3 is 15.1 Å². The molecule has 2 atom stereocenters. The zero-order valence-electron chi connectivity index (χ0n) is 12.8. The molecule has 116 valence electrons. The molecule has 0 aliphatic carbocycles. The van der Waals surface area contributed by atoms with Gasteiger partial charge in [0.2, 0.25) is 5.91 Å². The summed E-state index contributed by atoms with van der Waals surface area (Å²) in [5.74, 6) is 0.358. The van der Waals surface area contributed by atoms with Crippen molar-refractivity contribution in [2.24, 2.45) is 5.92 Å². The van der Waals surface area contributed by atoms with E-state index in [-0.39, 0.29) is 11.8 Å². The molecule has 2 aliphatic rings. The van der Waals surface area contributed by atoms with Gasteiger partial charge in [-0.3, -0.25) is 9.59 Å². The summed E-state index contributed by atoms with van der Waals surface area (Å²) in [5, 5.41) is 2.69. The monoisotopic (exact) mass is 299 g/mol. The van der Waals surface area contributed by atoms with E-state index in [2.05, 4.69) is 23.8 Å². The molecule has 0 aromatic heterocycles. The van der Waals surface area contributed by atoms with Crippen LogP contribution in [0.3, 0.4) is 0 Å². The highest BCUT2D eigenvalue weighted by Crippen LogP contribution is 2.31. The first-order chi connectivity index (χ1) is 10.6. The number of benzene rings is 1. The summed E-state index contributed by atoms with van der Waals surface area (Å²) in [6.07, 6.45) is 2.38. The van der Waals surface area contributed by atoms with Gasteiger partial charge in [-0.15, -0.1) is 0 Å². The number of likely N-dealkylation sites (tertiary alicyclic amines) is 2. The molecule has 2 amide bonds. The Kier molecular flexibility index (Phi) is 3.98. The minimum atomic E-state index is -0.276. The number of rotatable bonds is 3. The van der Waals surface area contributed by atoms with E-state index in [9.17, 15) is 9.59 Å². The first kappa shape index (κ1) is 14.8. The zero-order chi connectivity index (χ0) is 15.7. The Morgan fingerprint density at radius 2 is 2.18 bits per heavy atom. The molecule has 22 heavy (non-hydrogen) atoms. The normalized spacial score (nSPS) is 24.1. The number of amides is 2. The van der Waals surface area contributed by atoms with Crippen molar-refractivity contribution in [1.82, 2.24) is 9.80 Å². The average molecular weight is 299 g/mol. The molecule has 0 saturated carbocycles. The van der Waals surface area contributed by atoms with E-state index in [1.165, 1.54) is 12.5 Å². The molecular weight excluding hydrogens is 278 g/mol. The van der Waals surface area contributed by atoms with Crippen LogP contribution in [-0.2, 0) is 4.79 Å². The fraction of sp³-hybridized carbons (Fsp3) is 0.412. The number of fused-ring (bicyclic) bond motifs is 1. The topological polar surface area (TPSA) is 52.7 Å². The van der Waals surface area contributed by atoms with E-state index in [4.69, 9.17) is 0 Å². The zero-order valence-corrected chi connectivity index (χ0v) is 12.8. The fourth-order valence-corrected chi connectivity index (χ4v) is 3.44. The lowest BCUT2D eigenvalue weighted by Gasteiger charge is -2.21. The molecule has 0 unspecified atom stereocenters. The van der Waals surface area contributed by atoms with Crippen LogP contribution in [0, 0.1) is 5.92 Å². The van der Waals surface area contributed by atoms with Crippen molar-refractivity contribution in [2.75, 3.05) is 32.0 Å². The van der Waals surface area contributed by atoms with Crippen molar-refractivity contribution in [3.05, 3.63) is 42.5 Å². The molecule has 2 heterocycles. The lowest BCUT2D eigenvalue weighted by Crippen LogP contribution is -2.35. The highest BCUT2D eigenvalue weighted by Gasteiger charge is 2.41. The van der Waals surface area contributed by atoms with Gasteiger partial charge in [0.1, 0.15) is 0 Å². The second-order valence-electron chi connectivity index (χ2n) is 6.08. The van der Waals surface area contributed by atoms with Crippen molar-refractivity contribution >= 4 is 17.5 Å². The van der Waals surface area contributed by atoms with Crippen LogP contribution in [0.2, 0.25) is 0 Å². The third-order valence-corrected chi connectivity index (χ3v) is 4.67. The van der Waals surface area contributed by atoms with Crippen LogP contribution in [0.5, 0.6) is 0 Å². The molecule has 5 heteroatoms. The number of likely N-dealkylation sites (N-methyl/N-ethyl adjacent to an activating group) is 1. The molecule has 0 bridgehead atoms. The summed E-state index contributed by atoms with van der Waals surface area (Å²) >= 11 is 0. The van der Waals surface area contributed by atoms with Crippen LogP contribution in [-0.4, -0.2) is 54.3 Å². The fourth-order valence-electron chi connectivity index (χ4n) is 3.44. The maximum atomic E-state index is 12.7. The molecule has 1 aromatic rings. The van der Waals surface area contributed by atoms with Crippen LogP contribution in [0.4, 0.5) is 5.69 Å². The van der Waals surface area contributed by atoms with Gasteiger partial charge in [-0.25, -0.2) is 0 Å². The number of hydrogen-bond acceptors (Lipinski definition) is 3. The minimum absolute atomic E-state index is 0.0394. The second kappa shape index (κ2) is 5.93. The lowest BCUT2D eigenvalue weighted by atomic mass is 10.1. The lowest BCUT2D eigenvalue weighted by molar-refractivity contribution is -0.111. The number of hydrogen-bond donors (Lipinski definition) is 1. The number of nitrogens with zero attached hydrogens (tertiary/aromatic N) is 2. The first-order valence-corrected chi connectivity index (χ1v) is 7.61. The molecule has 3 rings (SSSR count). The van der Waals surface area contributed by atoms with Gasteiger partial charge in [-0.1, -0.05) is 12.6 Å². The Bertz CT molecular complexity index is 614. The van der Waals surface area contributed by atoms with E-state index in [1.54, 1.807) is 24.3 Å². The van der Waals surface area contributed by atoms with Gasteiger partial charge in [0.15, 0.2) is 0 Å². The standard InChI is InChI=1S/C17H21N3O2/c1-3-16(21)18-14-6-4-5-12(9-14)17(22)20-10-13-7-8-19(2)15(13)11-20/h3-6,9,13,15H,1,7-8,10-11H2,2H3,(H,18,21)/t13-,15+/m1/s1. The van der Waals surface area contributed by atoms with Crippen molar-refractivity contribution in [3.8, 4) is 0 Å². The third kappa shape index (κ3) is 2.76. The molecular formula is C17H21N3O2. The quantitative estimate of drug-likeness (QED) is 0.862.